The van der Waals surface area contributed by atoms with Crippen molar-refractivity contribution in [2.45, 2.75) is 58.0 Å². The van der Waals surface area contributed by atoms with E-state index in [0.717, 1.165) is 12.0 Å². The quantitative estimate of drug-likeness (QED) is 0.298. The lowest BCUT2D eigenvalue weighted by molar-refractivity contribution is -0.111. The molecule has 0 radical (unpaired) electrons. The summed E-state index contributed by atoms with van der Waals surface area (Å²) in [6.07, 6.45) is 11.6. The number of nitrogens with one attached hydrogen (secondary N) is 2. The number of benzene rings is 2. The molecule has 2 N–H and O–H groups in total. The molecular weight excluding hydrogens is 430 g/mol. The molecule has 1 aliphatic heterocycles. The van der Waals surface area contributed by atoms with Gasteiger partial charge in [-0.3, -0.25) is 4.79 Å². The standard InChI is InChI=1S/C26H31N5O3/c1-2-3-4-5-6-7-10-19-11-8-12-20(17-19)15-16-24(32)27-21-13-9-14-22-25(21)34-23(18-33-22)26-28-30-31-29-26/h8-9,11-17,23H,2-7,10,18H2,1H3,(H,27,32)(H,28,29,30,31)/b16-15+. The minimum Gasteiger partial charge on any atom is -0.485 e. The van der Waals surface area contributed by atoms with Crippen molar-refractivity contribution in [2.75, 3.05) is 11.9 Å². The highest BCUT2D eigenvalue weighted by Crippen LogP contribution is 2.41. The normalized spacial score (nSPS) is 14.9. The van der Waals surface area contributed by atoms with Crippen LogP contribution in [-0.4, -0.2) is 33.1 Å². The van der Waals surface area contributed by atoms with Crippen LogP contribution in [-0.2, 0) is 11.2 Å². The van der Waals surface area contributed by atoms with E-state index in [1.54, 1.807) is 12.1 Å². The summed E-state index contributed by atoms with van der Waals surface area (Å²) in [5.74, 6) is 1.24. The van der Waals surface area contributed by atoms with Gasteiger partial charge in [0, 0.05) is 6.08 Å². The number of amides is 1. The first kappa shape index (κ1) is 23.5. The third-order valence-corrected chi connectivity index (χ3v) is 5.75. The number of fused-ring (bicyclic) bond motifs is 1. The first-order valence-electron chi connectivity index (χ1n) is 12.0. The molecule has 178 valence electrons. The average molecular weight is 462 g/mol. The summed E-state index contributed by atoms with van der Waals surface area (Å²) >= 11 is 0. The van der Waals surface area contributed by atoms with Gasteiger partial charge in [0.2, 0.25) is 5.91 Å². The van der Waals surface area contributed by atoms with E-state index in [2.05, 4.69) is 45.0 Å². The van der Waals surface area contributed by atoms with Crippen molar-refractivity contribution < 1.29 is 14.3 Å². The third kappa shape index (κ3) is 6.43. The molecule has 0 bridgehead atoms. The Labute approximate surface area is 199 Å². The zero-order valence-corrected chi connectivity index (χ0v) is 19.5. The second kappa shape index (κ2) is 12.0. The second-order valence-electron chi connectivity index (χ2n) is 8.42. The molecular formula is C26H31N5O3. The summed E-state index contributed by atoms with van der Waals surface area (Å²) < 4.78 is 11.8. The molecule has 0 spiro atoms. The Morgan fingerprint density at radius 2 is 2.00 bits per heavy atom. The van der Waals surface area contributed by atoms with Gasteiger partial charge in [0.05, 0.1) is 5.69 Å². The van der Waals surface area contributed by atoms with Gasteiger partial charge in [-0.05, 0) is 52.6 Å². The van der Waals surface area contributed by atoms with Crippen LogP contribution >= 0.6 is 0 Å². The molecule has 2 heterocycles. The van der Waals surface area contributed by atoms with Crippen LogP contribution in [0.2, 0.25) is 0 Å². The van der Waals surface area contributed by atoms with Crippen LogP contribution in [0, 0.1) is 0 Å². The summed E-state index contributed by atoms with van der Waals surface area (Å²) in [7, 11) is 0. The van der Waals surface area contributed by atoms with Gasteiger partial charge in [-0.1, -0.05) is 69.4 Å². The second-order valence-corrected chi connectivity index (χ2v) is 8.42. The summed E-state index contributed by atoms with van der Waals surface area (Å²) in [6.45, 7) is 2.51. The van der Waals surface area contributed by atoms with E-state index < -0.39 is 6.10 Å². The topological polar surface area (TPSA) is 102 Å². The number of carbonyl (C=O) groups is 1. The minimum absolute atomic E-state index is 0.248. The number of carbonyl (C=O) groups excluding carboxylic acids is 1. The van der Waals surface area contributed by atoms with Crippen LogP contribution in [0.3, 0.4) is 0 Å². The summed E-state index contributed by atoms with van der Waals surface area (Å²) in [5, 5.41) is 16.6. The number of ether oxygens (including phenoxy) is 2. The number of hydrogen-bond donors (Lipinski definition) is 2. The van der Waals surface area contributed by atoms with E-state index in [4.69, 9.17) is 9.47 Å². The van der Waals surface area contributed by atoms with Crippen molar-refractivity contribution in [3.05, 3.63) is 65.5 Å². The van der Waals surface area contributed by atoms with E-state index in [0.29, 0.717) is 23.0 Å². The van der Waals surface area contributed by atoms with Gasteiger partial charge < -0.3 is 14.8 Å². The monoisotopic (exact) mass is 461 g/mol. The molecule has 1 amide bonds. The Morgan fingerprint density at radius 1 is 1.15 bits per heavy atom. The molecule has 8 heteroatoms. The van der Waals surface area contributed by atoms with Gasteiger partial charge in [0.1, 0.15) is 6.61 Å². The number of H-pyrrole nitrogens is 1. The molecule has 1 aromatic heterocycles. The van der Waals surface area contributed by atoms with Gasteiger partial charge in [-0.15, -0.1) is 5.10 Å². The fourth-order valence-corrected chi connectivity index (χ4v) is 3.94. The van der Waals surface area contributed by atoms with Crippen molar-refractivity contribution >= 4 is 17.7 Å². The van der Waals surface area contributed by atoms with Crippen molar-refractivity contribution in [3.63, 3.8) is 0 Å². The fraction of sp³-hybridized carbons (Fsp3) is 0.385. The van der Waals surface area contributed by atoms with E-state index in [-0.39, 0.29) is 12.5 Å². The van der Waals surface area contributed by atoms with Crippen molar-refractivity contribution in [1.82, 2.24) is 20.6 Å². The van der Waals surface area contributed by atoms with Crippen LogP contribution in [0.15, 0.2) is 48.5 Å². The zero-order chi connectivity index (χ0) is 23.6. The third-order valence-electron chi connectivity index (χ3n) is 5.75. The van der Waals surface area contributed by atoms with Gasteiger partial charge in [0.25, 0.3) is 0 Å². The molecule has 3 aromatic rings. The molecule has 1 atom stereocenters. The molecule has 1 unspecified atom stereocenters. The first-order valence-corrected chi connectivity index (χ1v) is 12.0. The van der Waals surface area contributed by atoms with Crippen LogP contribution in [0.25, 0.3) is 6.08 Å². The Morgan fingerprint density at radius 3 is 2.85 bits per heavy atom. The Bertz CT molecular complexity index is 1100. The van der Waals surface area contributed by atoms with Gasteiger partial charge >= 0.3 is 0 Å². The maximum absolute atomic E-state index is 12.6. The maximum atomic E-state index is 12.6. The van der Waals surface area contributed by atoms with Gasteiger partial charge in [0.15, 0.2) is 23.4 Å². The Kier molecular flexibility index (Phi) is 8.27. The maximum Gasteiger partial charge on any atom is 0.248 e. The number of nitrogens with zero attached hydrogens (tertiary/aromatic N) is 3. The Hall–Kier alpha value is -3.68. The fourth-order valence-electron chi connectivity index (χ4n) is 3.94. The molecule has 1 aliphatic rings. The van der Waals surface area contributed by atoms with E-state index in [9.17, 15) is 4.79 Å². The number of unbranched alkanes of at least 4 members (excludes halogenated alkanes) is 5. The number of aryl methyl sites for hydroxylation is 1. The highest BCUT2D eigenvalue weighted by molar-refractivity contribution is 6.03. The molecule has 0 saturated carbocycles. The van der Waals surface area contributed by atoms with Crippen molar-refractivity contribution in [3.8, 4) is 11.5 Å². The summed E-state index contributed by atoms with van der Waals surface area (Å²) in [5.41, 5.74) is 2.83. The number of rotatable bonds is 11. The SMILES string of the molecule is CCCCCCCCc1cccc(/C=C/C(=O)Nc2cccc3c2OC(c2nnn[nH]2)CO3)c1. The molecule has 2 aromatic carbocycles. The van der Waals surface area contributed by atoms with Crippen molar-refractivity contribution in [1.29, 1.82) is 0 Å². The summed E-state index contributed by atoms with van der Waals surface area (Å²) in [4.78, 5) is 12.6. The van der Waals surface area contributed by atoms with E-state index in [1.807, 2.05) is 24.3 Å². The lowest BCUT2D eigenvalue weighted by Crippen LogP contribution is -2.24. The van der Waals surface area contributed by atoms with Gasteiger partial charge in [-0.2, -0.15) is 0 Å². The first-order chi connectivity index (χ1) is 16.7. The number of anilines is 1. The number of aromatic nitrogens is 4. The number of tetrazole rings is 1. The average Bonchev–Trinajstić information content (AvgIpc) is 3.40. The smallest absolute Gasteiger partial charge is 0.248 e. The number of aromatic amines is 1. The number of para-hydroxylation sites is 1. The molecule has 0 aliphatic carbocycles. The van der Waals surface area contributed by atoms with E-state index >= 15 is 0 Å². The Balaban J connectivity index is 1.33. The molecule has 0 fully saturated rings. The van der Waals surface area contributed by atoms with Crippen LogP contribution in [0.5, 0.6) is 11.5 Å². The molecule has 0 saturated heterocycles. The molecule has 34 heavy (non-hydrogen) atoms. The largest absolute Gasteiger partial charge is 0.485 e. The lowest BCUT2D eigenvalue weighted by atomic mass is 10.0. The van der Waals surface area contributed by atoms with Crippen LogP contribution in [0.4, 0.5) is 5.69 Å². The molecule has 8 nitrogen and oxygen atoms in total. The van der Waals surface area contributed by atoms with Crippen LogP contribution in [0.1, 0.15) is 68.5 Å². The zero-order valence-electron chi connectivity index (χ0n) is 19.5. The van der Waals surface area contributed by atoms with Gasteiger partial charge in [-0.25, -0.2) is 5.10 Å². The molecule has 4 rings (SSSR count). The predicted molar refractivity (Wildman–Crippen MR) is 131 cm³/mol. The van der Waals surface area contributed by atoms with E-state index in [1.165, 1.54) is 50.2 Å². The highest BCUT2D eigenvalue weighted by atomic mass is 16.6. The van der Waals surface area contributed by atoms with Crippen LogP contribution < -0.4 is 14.8 Å². The predicted octanol–water partition coefficient (Wildman–Crippen LogP) is 5.27. The minimum atomic E-state index is -0.481. The van der Waals surface area contributed by atoms with Crippen molar-refractivity contribution in [2.24, 2.45) is 0 Å². The number of hydrogen-bond acceptors (Lipinski definition) is 6. The summed E-state index contributed by atoms with van der Waals surface area (Å²) in [6, 6.07) is 13.7. The lowest BCUT2D eigenvalue weighted by Gasteiger charge is -2.26. The highest BCUT2D eigenvalue weighted by Gasteiger charge is 2.27.